The minimum atomic E-state index is -5.07. The molecule has 0 bridgehead atoms. The van der Waals surface area contributed by atoms with Gasteiger partial charge in [-0.2, -0.15) is 28.4 Å². The number of methoxy groups -OCH3 is 1. The fraction of sp³-hybridized carbons (Fsp3) is 0.444. The number of nitrogens with zero attached hydrogens (tertiary/aromatic N) is 4. The van der Waals surface area contributed by atoms with Crippen LogP contribution in [0, 0.1) is 11.3 Å². The summed E-state index contributed by atoms with van der Waals surface area (Å²) in [6.45, 7) is 2.10. The normalized spacial score (nSPS) is 21.0. The average molecular weight is 573 g/mol. The van der Waals surface area contributed by atoms with Gasteiger partial charge >= 0.3 is 12.1 Å². The van der Waals surface area contributed by atoms with Crippen molar-refractivity contribution in [2.24, 2.45) is 0 Å². The Hall–Kier alpha value is -4.54. The minimum absolute atomic E-state index is 0.0462. The van der Waals surface area contributed by atoms with Crippen molar-refractivity contribution in [3.63, 3.8) is 0 Å². The zero-order chi connectivity index (χ0) is 29.4. The number of hydrogen-bond acceptors (Lipinski definition) is 9. The largest absolute Gasteiger partial charge is 0.494 e. The molecule has 0 spiro atoms. The topological polar surface area (TPSA) is 142 Å². The molecule has 0 atom stereocenters. The van der Waals surface area contributed by atoms with E-state index in [2.05, 4.69) is 26.3 Å². The first-order valence-corrected chi connectivity index (χ1v) is 13.0. The molecule has 3 aromatic rings. The van der Waals surface area contributed by atoms with Crippen LogP contribution in [0.5, 0.6) is 11.6 Å². The van der Waals surface area contributed by atoms with E-state index in [1.165, 1.54) is 20.2 Å². The Labute approximate surface area is 232 Å². The van der Waals surface area contributed by atoms with E-state index in [1.54, 1.807) is 23.1 Å². The van der Waals surface area contributed by atoms with E-state index in [9.17, 15) is 28.0 Å². The van der Waals surface area contributed by atoms with Gasteiger partial charge in [0.05, 0.1) is 23.7 Å². The lowest BCUT2D eigenvalue weighted by atomic mass is 9.84. The van der Waals surface area contributed by atoms with Crippen LogP contribution in [0.15, 0.2) is 24.4 Å². The number of carbonyl (C=O) groups is 2. The number of halogens is 3. The molecule has 1 aliphatic heterocycles. The number of ether oxygens (including phenoxy) is 3. The molecule has 2 aliphatic rings. The molecule has 5 rings (SSSR count). The van der Waals surface area contributed by atoms with Crippen molar-refractivity contribution in [1.29, 1.82) is 5.26 Å². The summed E-state index contributed by atoms with van der Waals surface area (Å²) in [4.78, 5) is 37.1. The molecule has 1 aromatic carbocycles. The Morgan fingerprint density at radius 2 is 2.02 bits per heavy atom. The van der Waals surface area contributed by atoms with Gasteiger partial charge in [-0.3, -0.25) is 4.79 Å². The summed E-state index contributed by atoms with van der Waals surface area (Å²) in [5.41, 5.74) is 0.573. The highest BCUT2D eigenvalue weighted by molar-refractivity contribution is 5.96. The van der Waals surface area contributed by atoms with Gasteiger partial charge in [0.1, 0.15) is 29.2 Å². The lowest BCUT2D eigenvalue weighted by molar-refractivity contribution is -0.216. The summed E-state index contributed by atoms with van der Waals surface area (Å²) in [6.07, 6.45) is -1.85. The van der Waals surface area contributed by atoms with Crippen molar-refractivity contribution in [1.82, 2.24) is 15.0 Å². The summed E-state index contributed by atoms with van der Waals surface area (Å²) >= 11 is 0. The highest BCUT2D eigenvalue weighted by Crippen LogP contribution is 2.38. The number of anilines is 3. The monoisotopic (exact) mass is 572 g/mol. The van der Waals surface area contributed by atoms with Gasteiger partial charge in [0.25, 0.3) is 0 Å². The molecule has 41 heavy (non-hydrogen) atoms. The van der Waals surface area contributed by atoms with Crippen LogP contribution in [0.2, 0.25) is 0 Å². The number of nitrogens with one attached hydrogen (secondary N) is 2. The Morgan fingerprint density at radius 3 is 2.66 bits per heavy atom. The van der Waals surface area contributed by atoms with Gasteiger partial charge in [-0.05, 0) is 51.2 Å². The second-order valence-electron chi connectivity index (χ2n) is 10.2. The minimum Gasteiger partial charge on any atom is -0.494 e. The molecule has 216 valence electrons. The van der Waals surface area contributed by atoms with Crippen LogP contribution >= 0.6 is 0 Å². The van der Waals surface area contributed by atoms with Gasteiger partial charge in [-0.1, -0.05) is 0 Å². The Morgan fingerprint density at radius 1 is 1.27 bits per heavy atom. The molecule has 11 nitrogen and oxygen atoms in total. The van der Waals surface area contributed by atoms with E-state index in [4.69, 9.17) is 14.2 Å². The first-order chi connectivity index (χ1) is 19.5. The molecule has 14 heteroatoms. The van der Waals surface area contributed by atoms with E-state index >= 15 is 0 Å². The number of benzene rings is 1. The van der Waals surface area contributed by atoms with Gasteiger partial charge in [0.15, 0.2) is 0 Å². The van der Waals surface area contributed by atoms with Crippen molar-refractivity contribution in [3.05, 3.63) is 30.0 Å². The number of aromatic amines is 1. The van der Waals surface area contributed by atoms with Gasteiger partial charge in [-0.25, -0.2) is 4.79 Å². The zero-order valence-corrected chi connectivity index (χ0v) is 22.3. The molecule has 1 saturated heterocycles. The predicted molar refractivity (Wildman–Crippen MR) is 140 cm³/mol. The standard InChI is InChI=1S/C27H27F3N6O5/c1-26(41-24(38)27(28,29)30)9-7-17(8-10-26)40-23-21-15(13-31)14-32-22(21)34-25(35-23)33-18-6-5-16(12-19(18)39-2)36-11-3-4-20(36)37/h5-6,12,14,17H,3-4,7-11H2,1-2H3,(H2,32,33,34,35). The van der Waals surface area contributed by atoms with Crippen molar-refractivity contribution in [2.75, 3.05) is 23.9 Å². The molecule has 0 radical (unpaired) electrons. The highest BCUT2D eigenvalue weighted by atomic mass is 19.4. The number of amides is 1. The van der Waals surface area contributed by atoms with Crippen LogP contribution in [-0.4, -0.2) is 58.4 Å². The zero-order valence-electron chi connectivity index (χ0n) is 22.3. The average Bonchev–Trinajstić information content (AvgIpc) is 3.55. The predicted octanol–water partition coefficient (Wildman–Crippen LogP) is 4.89. The van der Waals surface area contributed by atoms with Crippen molar-refractivity contribution in [2.45, 2.75) is 63.3 Å². The molecule has 1 amide bonds. The van der Waals surface area contributed by atoms with E-state index in [0.29, 0.717) is 54.0 Å². The molecule has 1 aliphatic carbocycles. The molecule has 2 N–H and O–H groups in total. The highest BCUT2D eigenvalue weighted by Gasteiger charge is 2.46. The lowest BCUT2D eigenvalue weighted by Crippen LogP contribution is -2.42. The SMILES string of the molecule is COc1cc(N2CCCC2=O)ccc1Nc1nc(OC2CCC(C)(OC(=O)C(F)(F)F)CC2)c2c(C#N)c[nH]c2n1. The van der Waals surface area contributed by atoms with Gasteiger partial charge in [0.2, 0.25) is 17.7 Å². The van der Waals surface area contributed by atoms with Crippen molar-refractivity contribution >= 4 is 40.2 Å². The fourth-order valence-electron chi connectivity index (χ4n) is 5.08. The number of carbonyl (C=O) groups excluding carboxylic acids is 2. The molecule has 1 saturated carbocycles. The number of H-pyrrole nitrogens is 1. The first-order valence-electron chi connectivity index (χ1n) is 13.0. The molecule has 2 fully saturated rings. The third-order valence-corrected chi connectivity index (χ3v) is 7.27. The van der Waals surface area contributed by atoms with Crippen LogP contribution in [0.4, 0.5) is 30.5 Å². The van der Waals surface area contributed by atoms with Crippen LogP contribution in [0.1, 0.15) is 51.0 Å². The maximum Gasteiger partial charge on any atom is 0.490 e. The van der Waals surface area contributed by atoms with Crippen LogP contribution < -0.4 is 19.7 Å². The van der Waals surface area contributed by atoms with Crippen LogP contribution in [0.25, 0.3) is 11.0 Å². The Bertz CT molecular complexity index is 1520. The summed E-state index contributed by atoms with van der Waals surface area (Å²) in [5, 5.41) is 13.1. The summed E-state index contributed by atoms with van der Waals surface area (Å²) in [6, 6.07) is 7.35. The molecule has 0 unspecified atom stereocenters. The second-order valence-corrected chi connectivity index (χ2v) is 10.2. The summed E-state index contributed by atoms with van der Waals surface area (Å²) in [5.74, 6) is -1.45. The summed E-state index contributed by atoms with van der Waals surface area (Å²) < 4.78 is 54.6. The lowest BCUT2D eigenvalue weighted by Gasteiger charge is -2.36. The van der Waals surface area contributed by atoms with Crippen molar-refractivity contribution < 1.29 is 37.0 Å². The number of nitriles is 1. The smallest absolute Gasteiger partial charge is 0.490 e. The van der Waals surface area contributed by atoms with E-state index < -0.39 is 23.9 Å². The Kier molecular flexibility index (Phi) is 7.37. The first kappa shape index (κ1) is 28.0. The van der Waals surface area contributed by atoms with Gasteiger partial charge in [0, 0.05) is 30.9 Å². The third kappa shape index (κ3) is 5.84. The maximum atomic E-state index is 12.7. The van der Waals surface area contributed by atoms with Crippen LogP contribution in [0.3, 0.4) is 0 Å². The third-order valence-electron chi connectivity index (χ3n) is 7.27. The molecule has 3 heterocycles. The van der Waals surface area contributed by atoms with E-state index in [-0.39, 0.29) is 36.1 Å². The van der Waals surface area contributed by atoms with Crippen LogP contribution in [-0.2, 0) is 14.3 Å². The number of esters is 1. The van der Waals surface area contributed by atoms with Gasteiger partial charge < -0.3 is 29.4 Å². The van der Waals surface area contributed by atoms with Gasteiger partial charge in [-0.15, -0.1) is 0 Å². The molecule has 2 aromatic heterocycles. The maximum absolute atomic E-state index is 12.7. The number of fused-ring (bicyclic) bond motifs is 1. The number of alkyl halides is 3. The number of aromatic nitrogens is 3. The second kappa shape index (κ2) is 10.8. The Balaban J connectivity index is 1.37. The summed E-state index contributed by atoms with van der Waals surface area (Å²) in [7, 11) is 1.50. The molecular weight excluding hydrogens is 545 g/mol. The number of rotatable bonds is 7. The quantitative estimate of drug-likeness (QED) is 0.378. The van der Waals surface area contributed by atoms with Crippen molar-refractivity contribution in [3.8, 4) is 17.7 Å². The molecular formula is C27H27F3N6O5. The number of hydrogen-bond donors (Lipinski definition) is 2. The van der Waals surface area contributed by atoms with E-state index in [0.717, 1.165) is 6.42 Å². The van der Waals surface area contributed by atoms with E-state index in [1.807, 2.05) is 0 Å². The fourth-order valence-corrected chi connectivity index (χ4v) is 5.08.